The number of benzene rings is 1. The summed E-state index contributed by atoms with van der Waals surface area (Å²) in [5.41, 5.74) is 0.986. The zero-order valence-electron chi connectivity index (χ0n) is 14.1. The highest BCUT2D eigenvalue weighted by molar-refractivity contribution is 6.30. The van der Waals surface area contributed by atoms with Crippen LogP contribution in [0.15, 0.2) is 24.3 Å². The van der Waals surface area contributed by atoms with Crippen LogP contribution < -0.4 is 5.32 Å². The average Bonchev–Trinajstić information content (AvgIpc) is 2.55. The van der Waals surface area contributed by atoms with Crippen molar-refractivity contribution in [3.8, 4) is 0 Å². The molecule has 1 aromatic carbocycles. The van der Waals surface area contributed by atoms with Crippen molar-refractivity contribution < 1.29 is 14.3 Å². The van der Waals surface area contributed by atoms with Crippen LogP contribution in [0.4, 0.5) is 0 Å². The standard InChI is InChI=1S/C17H24ClN3O3/c1-13(14-3-5-15(18)6-4-14)19-16(22)11-20(2)12-17(23)21-7-9-24-10-8-21/h3-6,13H,7-12H2,1-2H3,(H,19,22)/t13-/m1/s1. The van der Waals surface area contributed by atoms with Crippen molar-refractivity contribution >= 4 is 23.4 Å². The van der Waals surface area contributed by atoms with E-state index >= 15 is 0 Å². The molecular weight excluding hydrogens is 330 g/mol. The number of carbonyl (C=O) groups excluding carboxylic acids is 2. The molecule has 1 aliphatic rings. The molecule has 1 heterocycles. The van der Waals surface area contributed by atoms with E-state index in [0.29, 0.717) is 31.3 Å². The first-order valence-electron chi connectivity index (χ1n) is 8.04. The first-order valence-corrected chi connectivity index (χ1v) is 8.42. The summed E-state index contributed by atoms with van der Waals surface area (Å²) in [5, 5.41) is 3.60. The number of rotatable bonds is 6. The Morgan fingerprint density at radius 1 is 1.25 bits per heavy atom. The van der Waals surface area contributed by atoms with Crippen LogP contribution in [0.5, 0.6) is 0 Å². The highest BCUT2D eigenvalue weighted by Gasteiger charge is 2.19. The highest BCUT2D eigenvalue weighted by atomic mass is 35.5. The van der Waals surface area contributed by atoms with E-state index in [1.807, 2.05) is 19.1 Å². The van der Waals surface area contributed by atoms with Gasteiger partial charge in [0, 0.05) is 18.1 Å². The molecule has 0 aromatic heterocycles. The lowest BCUT2D eigenvalue weighted by Gasteiger charge is -2.28. The molecule has 2 amide bonds. The third-order valence-corrected chi connectivity index (χ3v) is 4.18. The van der Waals surface area contributed by atoms with Gasteiger partial charge in [-0.1, -0.05) is 23.7 Å². The van der Waals surface area contributed by atoms with Gasteiger partial charge in [0.2, 0.25) is 11.8 Å². The van der Waals surface area contributed by atoms with Crippen LogP contribution in [0.25, 0.3) is 0 Å². The molecule has 0 aliphatic carbocycles. The minimum atomic E-state index is -0.116. The molecule has 6 nitrogen and oxygen atoms in total. The highest BCUT2D eigenvalue weighted by Crippen LogP contribution is 2.15. The summed E-state index contributed by atoms with van der Waals surface area (Å²) in [6, 6.07) is 7.26. The van der Waals surface area contributed by atoms with Gasteiger partial charge < -0.3 is 15.0 Å². The predicted octanol–water partition coefficient (Wildman–Crippen LogP) is 1.31. The smallest absolute Gasteiger partial charge is 0.236 e. The Labute approximate surface area is 147 Å². The SMILES string of the molecule is C[C@@H](NC(=O)CN(C)CC(=O)N1CCOCC1)c1ccc(Cl)cc1. The Bertz CT molecular complexity index is 559. The maximum Gasteiger partial charge on any atom is 0.236 e. The number of ether oxygens (including phenoxy) is 1. The van der Waals surface area contributed by atoms with Gasteiger partial charge in [-0.3, -0.25) is 14.5 Å². The van der Waals surface area contributed by atoms with Gasteiger partial charge in [-0.2, -0.15) is 0 Å². The third-order valence-electron chi connectivity index (χ3n) is 3.93. The van der Waals surface area contributed by atoms with Crippen molar-refractivity contribution in [2.24, 2.45) is 0 Å². The van der Waals surface area contributed by atoms with Crippen molar-refractivity contribution in [3.05, 3.63) is 34.9 Å². The second kappa shape index (κ2) is 9.01. The van der Waals surface area contributed by atoms with Gasteiger partial charge >= 0.3 is 0 Å². The molecule has 0 bridgehead atoms. The summed E-state index contributed by atoms with van der Waals surface area (Å²) in [5.74, 6) is -0.0888. The fraction of sp³-hybridized carbons (Fsp3) is 0.529. The lowest BCUT2D eigenvalue weighted by Crippen LogP contribution is -2.46. The molecule has 1 fully saturated rings. The van der Waals surface area contributed by atoms with Crippen molar-refractivity contribution in [1.29, 1.82) is 0 Å². The molecule has 24 heavy (non-hydrogen) atoms. The zero-order chi connectivity index (χ0) is 17.5. The second-order valence-electron chi connectivity index (χ2n) is 6.01. The van der Waals surface area contributed by atoms with Gasteiger partial charge in [0.15, 0.2) is 0 Å². The molecule has 2 rings (SSSR count). The lowest BCUT2D eigenvalue weighted by molar-refractivity contribution is -0.136. The van der Waals surface area contributed by atoms with E-state index in [1.54, 1.807) is 29.0 Å². The molecule has 7 heteroatoms. The van der Waals surface area contributed by atoms with Gasteiger partial charge in [-0.15, -0.1) is 0 Å². The minimum absolute atomic E-state index is 0.0272. The normalized spacial score (nSPS) is 16.1. The molecule has 1 atom stereocenters. The molecule has 1 saturated heterocycles. The van der Waals surface area contributed by atoms with Gasteiger partial charge in [0.25, 0.3) is 0 Å². The number of nitrogens with zero attached hydrogens (tertiary/aromatic N) is 2. The van der Waals surface area contributed by atoms with E-state index in [2.05, 4.69) is 5.32 Å². The number of hydrogen-bond acceptors (Lipinski definition) is 4. The maximum atomic E-state index is 12.2. The topological polar surface area (TPSA) is 61.9 Å². The molecule has 1 aromatic rings. The van der Waals surface area contributed by atoms with Gasteiger partial charge in [-0.05, 0) is 31.7 Å². The first kappa shape index (κ1) is 18.7. The zero-order valence-corrected chi connectivity index (χ0v) is 14.9. The van der Waals surface area contributed by atoms with Crippen LogP contribution in [-0.2, 0) is 14.3 Å². The summed E-state index contributed by atoms with van der Waals surface area (Å²) >= 11 is 5.87. The number of hydrogen-bond donors (Lipinski definition) is 1. The van der Waals surface area contributed by atoms with Gasteiger partial charge in [0.1, 0.15) is 0 Å². The van der Waals surface area contributed by atoms with Crippen LogP contribution in [0.3, 0.4) is 0 Å². The van der Waals surface area contributed by atoms with E-state index in [9.17, 15) is 9.59 Å². The van der Waals surface area contributed by atoms with Crippen molar-refractivity contribution in [1.82, 2.24) is 15.1 Å². The van der Waals surface area contributed by atoms with E-state index in [-0.39, 0.29) is 30.9 Å². The second-order valence-corrected chi connectivity index (χ2v) is 6.44. The Hall–Kier alpha value is -1.63. The number of morpholine rings is 1. The Kier molecular flexibility index (Phi) is 7.02. The van der Waals surface area contributed by atoms with Crippen LogP contribution in [-0.4, -0.2) is 68.1 Å². The summed E-state index contributed by atoms with van der Waals surface area (Å²) < 4.78 is 5.23. The van der Waals surface area contributed by atoms with Crippen LogP contribution in [0.1, 0.15) is 18.5 Å². The Morgan fingerprint density at radius 2 is 1.88 bits per heavy atom. The molecule has 1 N–H and O–H groups in total. The maximum absolute atomic E-state index is 12.2. The molecular formula is C17H24ClN3O3. The van der Waals surface area contributed by atoms with Crippen molar-refractivity contribution in [2.45, 2.75) is 13.0 Å². The first-order chi connectivity index (χ1) is 11.5. The molecule has 0 saturated carbocycles. The van der Waals surface area contributed by atoms with Crippen molar-refractivity contribution in [2.75, 3.05) is 46.4 Å². The number of halogens is 1. The summed E-state index contributed by atoms with van der Waals surface area (Å²) in [7, 11) is 1.77. The number of likely N-dealkylation sites (N-methyl/N-ethyl adjacent to an activating group) is 1. The monoisotopic (exact) mass is 353 g/mol. The van der Waals surface area contributed by atoms with E-state index in [1.165, 1.54) is 0 Å². The number of amides is 2. The quantitative estimate of drug-likeness (QED) is 0.837. The third kappa shape index (κ3) is 5.78. The minimum Gasteiger partial charge on any atom is -0.378 e. The van der Waals surface area contributed by atoms with Crippen molar-refractivity contribution in [3.63, 3.8) is 0 Å². The lowest BCUT2D eigenvalue weighted by atomic mass is 10.1. The number of carbonyl (C=O) groups is 2. The van der Waals surface area contributed by atoms with E-state index in [4.69, 9.17) is 16.3 Å². The molecule has 0 spiro atoms. The number of nitrogens with one attached hydrogen (secondary N) is 1. The summed E-state index contributed by atoms with van der Waals surface area (Å²) in [4.78, 5) is 27.8. The van der Waals surface area contributed by atoms with Crippen LogP contribution in [0, 0.1) is 0 Å². The molecule has 132 valence electrons. The van der Waals surface area contributed by atoms with Gasteiger partial charge in [0.05, 0.1) is 32.3 Å². The summed E-state index contributed by atoms with van der Waals surface area (Å²) in [6.45, 7) is 4.71. The molecule has 1 aliphatic heterocycles. The van der Waals surface area contributed by atoms with E-state index in [0.717, 1.165) is 5.56 Å². The van der Waals surface area contributed by atoms with Gasteiger partial charge in [-0.25, -0.2) is 0 Å². The Balaban J connectivity index is 1.76. The van der Waals surface area contributed by atoms with Crippen LogP contribution in [0.2, 0.25) is 5.02 Å². The average molecular weight is 354 g/mol. The summed E-state index contributed by atoms with van der Waals surface area (Å²) in [6.07, 6.45) is 0. The van der Waals surface area contributed by atoms with E-state index < -0.39 is 0 Å². The largest absolute Gasteiger partial charge is 0.378 e. The van der Waals surface area contributed by atoms with Crippen LogP contribution >= 0.6 is 11.6 Å². The molecule has 0 unspecified atom stereocenters. The fourth-order valence-electron chi connectivity index (χ4n) is 2.57. The molecule has 0 radical (unpaired) electrons. The predicted molar refractivity (Wildman–Crippen MR) is 92.9 cm³/mol. The Morgan fingerprint density at radius 3 is 2.50 bits per heavy atom. The fourth-order valence-corrected chi connectivity index (χ4v) is 2.69.